The van der Waals surface area contributed by atoms with Gasteiger partial charge in [0.1, 0.15) is 0 Å². The molecule has 0 amide bonds. The maximum Gasteiger partial charge on any atom is 0.0701 e. The monoisotopic (exact) mass is 248 g/mol. The van der Waals surface area contributed by atoms with E-state index in [0.29, 0.717) is 33.0 Å². The zero-order valence-corrected chi connectivity index (χ0v) is 11.2. The molecule has 4 heteroatoms. The van der Waals surface area contributed by atoms with Gasteiger partial charge in [0.05, 0.1) is 39.6 Å². The Labute approximate surface area is 106 Å². The summed E-state index contributed by atoms with van der Waals surface area (Å²) in [7, 11) is 1.63. The van der Waals surface area contributed by atoms with Crippen LogP contribution in [-0.2, 0) is 14.2 Å². The Morgan fingerprint density at radius 2 is 1.06 bits per heavy atom. The van der Waals surface area contributed by atoms with Gasteiger partial charge in [0.25, 0.3) is 0 Å². The van der Waals surface area contributed by atoms with Crippen molar-refractivity contribution >= 4 is 0 Å². The fourth-order valence-electron chi connectivity index (χ4n) is 0.529. The lowest BCUT2D eigenvalue weighted by Gasteiger charge is -2.03. The van der Waals surface area contributed by atoms with Crippen LogP contribution in [0.4, 0.5) is 0 Å². The fourth-order valence-corrected chi connectivity index (χ4v) is 0.529. The summed E-state index contributed by atoms with van der Waals surface area (Å²) in [6, 6.07) is 0. The van der Waals surface area contributed by atoms with Gasteiger partial charge < -0.3 is 19.3 Å². The van der Waals surface area contributed by atoms with Crippen LogP contribution in [0, 0.1) is 0 Å². The van der Waals surface area contributed by atoms with E-state index in [1.165, 1.54) is 0 Å². The van der Waals surface area contributed by atoms with E-state index in [4.69, 9.17) is 19.3 Å². The molecule has 0 fully saturated rings. The molecule has 0 aromatic carbocycles. The van der Waals surface area contributed by atoms with Crippen LogP contribution >= 0.6 is 0 Å². The van der Waals surface area contributed by atoms with Gasteiger partial charge in [-0.15, -0.1) is 39.5 Å². The minimum Gasteiger partial charge on any atom is -0.394 e. The van der Waals surface area contributed by atoms with Gasteiger partial charge >= 0.3 is 0 Å². The quantitative estimate of drug-likeness (QED) is 0.527. The topological polar surface area (TPSA) is 47.9 Å². The lowest BCUT2D eigenvalue weighted by Crippen LogP contribution is -2.09. The maximum absolute atomic E-state index is 8.32. The molecule has 0 saturated carbocycles. The van der Waals surface area contributed by atoms with Gasteiger partial charge in [-0.25, -0.2) is 0 Å². The molecule has 4 nitrogen and oxygen atoms in total. The molecule has 0 aliphatic rings. The fraction of sp³-hybridized carbons (Fsp3) is 0.538. The van der Waals surface area contributed by atoms with Crippen LogP contribution < -0.4 is 0 Å². The minimum absolute atomic E-state index is 0.0675. The average Bonchev–Trinajstić information content (AvgIpc) is 2.45. The first-order valence-electron chi connectivity index (χ1n) is 5.17. The second kappa shape index (κ2) is 45.8. The second-order valence-electron chi connectivity index (χ2n) is 1.94. The molecule has 0 aliphatic heterocycles. The van der Waals surface area contributed by atoms with E-state index in [1.54, 1.807) is 7.11 Å². The van der Waals surface area contributed by atoms with Crippen molar-refractivity contribution in [2.75, 3.05) is 46.8 Å². The lowest BCUT2D eigenvalue weighted by molar-refractivity contribution is 0.0159. The van der Waals surface area contributed by atoms with Gasteiger partial charge in [-0.1, -0.05) is 0 Å². The van der Waals surface area contributed by atoms with Crippen molar-refractivity contribution in [2.24, 2.45) is 0 Å². The van der Waals surface area contributed by atoms with Crippen LogP contribution in [0.15, 0.2) is 39.5 Å². The smallest absolute Gasteiger partial charge is 0.0701 e. The number of ether oxygens (including phenoxy) is 3. The number of rotatable bonds is 8. The number of aliphatic hydroxyl groups is 1. The van der Waals surface area contributed by atoms with Crippen molar-refractivity contribution in [2.45, 2.75) is 0 Å². The first-order valence-corrected chi connectivity index (χ1v) is 5.17. The Morgan fingerprint density at radius 1 is 0.706 bits per heavy atom. The average molecular weight is 248 g/mol. The zero-order valence-electron chi connectivity index (χ0n) is 11.2. The number of hydrogen-bond donors (Lipinski definition) is 1. The summed E-state index contributed by atoms with van der Waals surface area (Å²) >= 11 is 0. The van der Waals surface area contributed by atoms with E-state index in [-0.39, 0.29) is 6.61 Å². The first kappa shape index (κ1) is 25.0. The Morgan fingerprint density at radius 3 is 1.41 bits per heavy atom. The Hall–Kier alpha value is -0.940. The largest absolute Gasteiger partial charge is 0.394 e. The molecule has 0 saturated heterocycles. The summed E-state index contributed by atoms with van der Waals surface area (Å²) in [6.45, 7) is 20.7. The third-order valence-corrected chi connectivity index (χ3v) is 1.04. The lowest BCUT2D eigenvalue weighted by atomic mass is 10.7. The highest BCUT2D eigenvalue weighted by molar-refractivity contribution is 4.31. The predicted octanol–water partition coefficient (Wildman–Crippen LogP) is 2.06. The molecular weight excluding hydrogens is 220 g/mol. The number of methoxy groups -OCH3 is 1. The Bertz CT molecular complexity index is 86.7. The van der Waals surface area contributed by atoms with E-state index >= 15 is 0 Å². The highest BCUT2D eigenvalue weighted by Gasteiger charge is 1.87. The van der Waals surface area contributed by atoms with Gasteiger partial charge in [-0.05, 0) is 0 Å². The van der Waals surface area contributed by atoms with Crippen molar-refractivity contribution < 1.29 is 19.3 Å². The molecule has 1 N–H and O–H groups in total. The summed E-state index contributed by atoms with van der Waals surface area (Å²) in [5, 5.41) is 8.32. The summed E-state index contributed by atoms with van der Waals surface area (Å²) in [6.07, 6.45) is 0. The van der Waals surface area contributed by atoms with Crippen molar-refractivity contribution in [1.29, 1.82) is 0 Å². The van der Waals surface area contributed by atoms with E-state index in [0.717, 1.165) is 0 Å². The van der Waals surface area contributed by atoms with Crippen LogP contribution in [0.25, 0.3) is 0 Å². The molecule has 104 valence electrons. The Balaban J connectivity index is -0.000000121. The molecule has 0 unspecified atom stereocenters. The number of aliphatic hydroxyl groups excluding tert-OH is 1. The van der Waals surface area contributed by atoms with Crippen LogP contribution in [-0.4, -0.2) is 51.9 Å². The minimum atomic E-state index is 0.0675. The summed E-state index contributed by atoms with van der Waals surface area (Å²) in [5.74, 6) is 0. The van der Waals surface area contributed by atoms with E-state index in [2.05, 4.69) is 39.5 Å². The molecule has 0 heterocycles. The van der Waals surface area contributed by atoms with Gasteiger partial charge in [0.15, 0.2) is 0 Å². The zero-order chi connectivity index (χ0) is 14.4. The van der Waals surface area contributed by atoms with Crippen LogP contribution in [0.2, 0.25) is 0 Å². The standard InChI is InChI=1S/C7H16O4.3C2H4/c1-9-4-5-11-7-6-10-3-2-8;3*1-2/h8H,2-7H2,1H3;3*1-2H2. The van der Waals surface area contributed by atoms with Crippen LogP contribution in [0.5, 0.6) is 0 Å². The molecule has 0 rings (SSSR count). The van der Waals surface area contributed by atoms with Gasteiger partial charge in [-0.2, -0.15) is 0 Å². The molecule has 0 aliphatic carbocycles. The third-order valence-electron chi connectivity index (χ3n) is 1.04. The van der Waals surface area contributed by atoms with E-state index in [9.17, 15) is 0 Å². The number of hydrogen-bond acceptors (Lipinski definition) is 4. The Kier molecular flexibility index (Phi) is 67.5. The van der Waals surface area contributed by atoms with Gasteiger partial charge in [0.2, 0.25) is 0 Å². The second-order valence-corrected chi connectivity index (χ2v) is 1.94. The summed E-state index contributed by atoms with van der Waals surface area (Å²) in [4.78, 5) is 0. The third kappa shape index (κ3) is 51.5. The molecular formula is C13H28O4. The first-order chi connectivity index (χ1) is 8.41. The molecule has 0 aromatic heterocycles. The van der Waals surface area contributed by atoms with Crippen molar-refractivity contribution in [3.63, 3.8) is 0 Å². The molecule has 0 aromatic rings. The molecule has 0 radical (unpaired) electrons. The van der Waals surface area contributed by atoms with Gasteiger partial charge in [-0.3, -0.25) is 0 Å². The van der Waals surface area contributed by atoms with Crippen LogP contribution in [0.3, 0.4) is 0 Å². The molecule has 0 bridgehead atoms. The van der Waals surface area contributed by atoms with E-state index < -0.39 is 0 Å². The summed E-state index contributed by atoms with van der Waals surface area (Å²) in [5.41, 5.74) is 0. The molecule has 0 atom stereocenters. The highest BCUT2D eigenvalue weighted by Crippen LogP contribution is 1.78. The van der Waals surface area contributed by atoms with E-state index in [1.807, 2.05) is 0 Å². The molecule has 17 heavy (non-hydrogen) atoms. The van der Waals surface area contributed by atoms with Crippen molar-refractivity contribution in [3.8, 4) is 0 Å². The maximum atomic E-state index is 8.32. The highest BCUT2D eigenvalue weighted by atomic mass is 16.5. The summed E-state index contributed by atoms with van der Waals surface area (Å²) < 4.78 is 14.8. The van der Waals surface area contributed by atoms with Crippen molar-refractivity contribution in [1.82, 2.24) is 0 Å². The predicted molar refractivity (Wildman–Crippen MR) is 74.4 cm³/mol. The molecule has 0 spiro atoms. The normalized spacial score (nSPS) is 7.41. The van der Waals surface area contributed by atoms with Gasteiger partial charge in [0, 0.05) is 7.11 Å². The SMILES string of the molecule is C=C.C=C.C=C.COCCOCCOCCO. The van der Waals surface area contributed by atoms with Crippen molar-refractivity contribution in [3.05, 3.63) is 39.5 Å². The van der Waals surface area contributed by atoms with Crippen LogP contribution in [0.1, 0.15) is 0 Å².